The Balaban J connectivity index is 1.04. The Hall–Kier alpha value is -5.86. The fourth-order valence-electron chi connectivity index (χ4n) is 6.49. The van der Waals surface area contributed by atoms with Crippen LogP contribution in [0.3, 0.4) is 0 Å². The Morgan fingerprint density at radius 3 is 2.30 bits per heavy atom. The van der Waals surface area contributed by atoms with Crippen molar-refractivity contribution < 1.29 is 28.9 Å². The molecular formula is C43H42N6O6S. The van der Waals surface area contributed by atoms with E-state index in [0.29, 0.717) is 23.8 Å². The van der Waals surface area contributed by atoms with Crippen LogP contribution in [0.4, 0.5) is 4.79 Å². The molecule has 1 fully saturated rings. The van der Waals surface area contributed by atoms with Gasteiger partial charge in [0.25, 0.3) is 0 Å². The number of methoxy groups -OCH3 is 1. The largest absolute Gasteiger partial charge is 0.467 e. The maximum absolute atomic E-state index is 12.9. The number of nitrogens with zero attached hydrogens (tertiary/aromatic N) is 4. The molecular weight excluding hydrogens is 729 g/mol. The quantitative estimate of drug-likeness (QED) is 0.0803. The summed E-state index contributed by atoms with van der Waals surface area (Å²) < 4.78 is 19.9. The fraction of sp³-hybridized carbons (Fsp3) is 0.233. The van der Waals surface area contributed by atoms with Crippen LogP contribution in [0.2, 0.25) is 0 Å². The van der Waals surface area contributed by atoms with Crippen molar-refractivity contribution >= 4 is 23.8 Å². The number of urea groups is 1. The van der Waals surface area contributed by atoms with Gasteiger partial charge in [0.2, 0.25) is 5.16 Å². The second kappa shape index (κ2) is 18.7. The lowest BCUT2D eigenvalue weighted by Crippen LogP contribution is -2.47. The molecule has 7 rings (SSSR count). The van der Waals surface area contributed by atoms with Crippen molar-refractivity contribution in [3.63, 3.8) is 0 Å². The number of hydrogen-bond acceptors (Lipinski definition) is 10. The first kappa shape index (κ1) is 38.4. The van der Waals surface area contributed by atoms with E-state index in [1.807, 2.05) is 127 Å². The van der Waals surface area contributed by atoms with Gasteiger partial charge in [-0.05, 0) is 68.1 Å². The van der Waals surface area contributed by atoms with Gasteiger partial charge < -0.3 is 30.0 Å². The van der Waals surface area contributed by atoms with Crippen molar-refractivity contribution in [3.8, 4) is 16.8 Å². The zero-order valence-corrected chi connectivity index (χ0v) is 31.5. The van der Waals surface area contributed by atoms with Crippen LogP contribution in [0.1, 0.15) is 46.6 Å². The molecule has 4 atom stereocenters. The molecule has 0 bridgehead atoms. The average Bonchev–Trinajstić information content (AvgIpc) is 3.74. The molecule has 1 aliphatic heterocycles. The van der Waals surface area contributed by atoms with Crippen LogP contribution >= 0.6 is 11.8 Å². The second-order valence-corrected chi connectivity index (χ2v) is 14.3. The number of thioether (sulfide) groups is 1. The Morgan fingerprint density at radius 2 is 1.55 bits per heavy atom. The van der Waals surface area contributed by atoms with Crippen molar-refractivity contribution in [2.45, 2.75) is 55.7 Å². The summed E-state index contributed by atoms with van der Waals surface area (Å²) in [7, 11) is 1.31. The van der Waals surface area contributed by atoms with Crippen molar-refractivity contribution in [1.82, 2.24) is 30.8 Å². The molecule has 4 unspecified atom stereocenters. The maximum atomic E-state index is 12.9. The summed E-state index contributed by atoms with van der Waals surface area (Å²) >= 11 is 1.53. The molecule has 13 heteroatoms. The van der Waals surface area contributed by atoms with Crippen molar-refractivity contribution in [3.05, 3.63) is 161 Å². The van der Waals surface area contributed by atoms with E-state index in [-0.39, 0.29) is 25.4 Å². The van der Waals surface area contributed by atoms with Gasteiger partial charge in [0, 0.05) is 30.7 Å². The van der Waals surface area contributed by atoms with E-state index in [2.05, 4.69) is 32.2 Å². The number of aliphatic hydroxyl groups is 1. The molecule has 56 heavy (non-hydrogen) atoms. The number of esters is 1. The first-order valence-corrected chi connectivity index (χ1v) is 19.3. The lowest BCUT2D eigenvalue weighted by molar-refractivity contribution is -0.245. The highest BCUT2D eigenvalue weighted by atomic mass is 32.2. The number of amides is 2. The second-order valence-electron chi connectivity index (χ2n) is 13.3. The topological polar surface area (TPSA) is 150 Å². The molecule has 6 aromatic rings. The van der Waals surface area contributed by atoms with E-state index >= 15 is 0 Å². The number of rotatable bonds is 14. The minimum atomic E-state index is -0.829. The zero-order valence-electron chi connectivity index (χ0n) is 30.7. The molecule has 1 aliphatic rings. The molecule has 2 amide bonds. The predicted molar refractivity (Wildman–Crippen MR) is 211 cm³/mol. The monoisotopic (exact) mass is 770 g/mol. The number of ether oxygens (including phenoxy) is 3. The smallest absolute Gasteiger partial charge is 0.328 e. The van der Waals surface area contributed by atoms with Crippen LogP contribution < -0.4 is 10.6 Å². The molecule has 5 aromatic carbocycles. The van der Waals surface area contributed by atoms with Gasteiger partial charge in [0.15, 0.2) is 6.29 Å². The van der Waals surface area contributed by atoms with Gasteiger partial charge in [0.1, 0.15) is 6.04 Å². The van der Waals surface area contributed by atoms with E-state index in [1.54, 1.807) is 4.68 Å². The van der Waals surface area contributed by atoms with Crippen LogP contribution in [0.15, 0.2) is 139 Å². The number of carbonyl (C=O) groups is 2. The number of para-hydroxylation sites is 1. The lowest BCUT2D eigenvalue weighted by atomic mass is 9.99. The van der Waals surface area contributed by atoms with Gasteiger partial charge in [-0.1, -0.05) is 121 Å². The Labute approximate surface area is 329 Å². The van der Waals surface area contributed by atoms with E-state index in [1.165, 1.54) is 18.9 Å². The first-order valence-electron chi connectivity index (χ1n) is 18.3. The Morgan fingerprint density at radius 1 is 0.839 bits per heavy atom. The van der Waals surface area contributed by atoms with E-state index in [9.17, 15) is 14.7 Å². The number of carbonyl (C=O) groups excluding carboxylic acids is 2. The number of tetrazole rings is 1. The lowest BCUT2D eigenvalue weighted by Gasteiger charge is -2.36. The Kier molecular flexibility index (Phi) is 12.8. The molecule has 0 spiro atoms. The van der Waals surface area contributed by atoms with Gasteiger partial charge in [-0.2, -0.15) is 4.68 Å². The van der Waals surface area contributed by atoms with Crippen LogP contribution in [0.5, 0.6) is 0 Å². The first-order chi connectivity index (χ1) is 27.4. The third-order valence-corrected chi connectivity index (χ3v) is 10.5. The molecule has 2 heterocycles. The third-order valence-electron chi connectivity index (χ3n) is 9.40. The van der Waals surface area contributed by atoms with E-state index < -0.39 is 24.3 Å². The van der Waals surface area contributed by atoms with E-state index in [4.69, 9.17) is 14.2 Å². The van der Waals surface area contributed by atoms with Gasteiger partial charge in [-0.3, -0.25) is 0 Å². The summed E-state index contributed by atoms with van der Waals surface area (Å²) in [5, 5.41) is 28.3. The van der Waals surface area contributed by atoms with Gasteiger partial charge >= 0.3 is 12.0 Å². The molecule has 0 saturated carbocycles. The number of aromatic nitrogens is 4. The predicted octanol–water partition coefficient (Wildman–Crippen LogP) is 6.74. The van der Waals surface area contributed by atoms with Crippen molar-refractivity contribution in [1.29, 1.82) is 0 Å². The number of hydrogen-bond donors (Lipinski definition) is 3. The summed E-state index contributed by atoms with van der Waals surface area (Å²) in [6.45, 7) is 0.214. The highest BCUT2D eigenvalue weighted by molar-refractivity contribution is 7.99. The summed E-state index contributed by atoms with van der Waals surface area (Å²) in [5.41, 5.74) is 7.26. The normalized spacial score (nSPS) is 17.1. The summed E-state index contributed by atoms with van der Waals surface area (Å²) in [4.78, 5) is 25.4. The number of benzene rings is 5. The standard InChI is InChI=1S/C43H42N6O6S/c1-53-40(51)38(23-29-10-4-2-5-11-29)45-42(52)44-26-31-12-8-13-33(22-31)34-14-9-15-35(24-34)41-54-37(25-39(55-41)32-20-18-30(27-50)19-21-32)28-56-43-46-47-48-49(43)36-16-6-3-7-17-36/h2-22,24,37-39,41,50H,23,25-28H2,1H3,(H2,44,45,52). The van der Waals surface area contributed by atoms with Crippen LogP contribution in [0.25, 0.3) is 16.8 Å². The van der Waals surface area contributed by atoms with E-state index in [0.717, 1.165) is 44.6 Å². The summed E-state index contributed by atoms with van der Waals surface area (Å²) in [5.74, 6) is 0.0744. The van der Waals surface area contributed by atoms with Crippen LogP contribution in [-0.4, -0.2) is 62.3 Å². The van der Waals surface area contributed by atoms with Crippen LogP contribution in [-0.2, 0) is 38.6 Å². The average molecular weight is 771 g/mol. The minimum absolute atomic E-state index is 0.0329. The highest BCUT2D eigenvalue weighted by Gasteiger charge is 2.33. The molecule has 3 N–H and O–H groups in total. The minimum Gasteiger partial charge on any atom is -0.467 e. The third kappa shape index (κ3) is 9.86. The molecule has 12 nitrogen and oxygen atoms in total. The molecule has 0 aliphatic carbocycles. The van der Waals surface area contributed by atoms with Gasteiger partial charge in [-0.25, -0.2) is 9.59 Å². The fourth-order valence-corrected chi connectivity index (χ4v) is 7.40. The molecule has 286 valence electrons. The zero-order chi connectivity index (χ0) is 38.7. The molecule has 1 saturated heterocycles. The summed E-state index contributed by atoms with van der Waals surface area (Å²) in [6.07, 6.45) is -0.185. The maximum Gasteiger partial charge on any atom is 0.328 e. The Bertz CT molecular complexity index is 2200. The van der Waals surface area contributed by atoms with Crippen molar-refractivity contribution in [2.24, 2.45) is 0 Å². The highest BCUT2D eigenvalue weighted by Crippen LogP contribution is 2.40. The van der Waals surface area contributed by atoms with Crippen molar-refractivity contribution in [2.75, 3.05) is 12.9 Å². The SMILES string of the molecule is COC(=O)C(Cc1ccccc1)NC(=O)NCc1cccc(-c2cccc(C3OC(CSc4nnnn4-c4ccccc4)CC(c4ccc(CO)cc4)O3)c2)c1. The molecule has 0 radical (unpaired) electrons. The number of aliphatic hydroxyl groups excluding tert-OH is 1. The number of nitrogens with one attached hydrogen (secondary N) is 2. The molecule has 1 aromatic heterocycles. The van der Waals surface area contributed by atoms with Gasteiger partial charge in [-0.15, -0.1) is 5.10 Å². The summed E-state index contributed by atoms with van der Waals surface area (Å²) in [6, 6.07) is 41.7. The van der Waals surface area contributed by atoms with Crippen LogP contribution in [0, 0.1) is 0 Å². The van der Waals surface area contributed by atoms with Gasteiger partial charge in [0.05, 0.1) is 31.6 Å².